The summed E-state index contributed by atoms with van der Waals surface area (Å²) in [7, 11) is 0. The van der Waals surface area contributed by atoms with E-state index in [-0.39, 0.29) is 5.41 Å². The molecule has 4 aromatic carbocycles. The Morgan fingerprint density at radius 1 is 0.556 bits per heavy atom. The van der Waals surface area contributed by atoms with Gasteiger partial charge in [0, 0.05) is 41.0 Å². The number of dihydropyridines is 1. The average Bonchev–Trinajstić information content (AvgIpc) is 3.35. The van der Waals surface area contributed by atoms with Gasteiger partial charge in [-0.25, -0.2) is 15.0 Å². The van der Waals surface area contributed by atoms with Crippen molar-refractivity contribution in [3.8, 4) is 56.4 Å². The van der Waals surface area contributed by atoms with Gasteiger partial charge in [-0.2, -0.15) is 0 Å². The molecular weight excluding hydrogens is 550 g/mol. The fourth-order valence-electron chi connectivity index (χ4n) is 6.62. The van der Waals surface area contributed by atoms with Crippen molar-refractivity contribution in [3.63, 3.8) is 0 Å². The predicted molar refractivity (Wildman–Crippen MR) is 182 cm³/mol. The lowest BCUT2D eigenvalue weighted by molar-refractivity contribution is 0.661. The molecule has 8 rings (SSSR count). The number of nitrogens with zero attached hydrogens (tertiary/aromatic N) is 4. The lowest BCUT2D eigenvalue weighted by Gasteiger charge is -2.24. The molecule has 0 fully saturated rings. The van der Waals surface area contributed by atoms with Crippen LogP contribution < -0.4 is 5.32 Å². The van der Waals surface area contributed by atoms with Crippen LogP contribution in [0.3, 0.4) is 0 Å². The Morgan fingerprint density at radius 2 is 1.13 bits per heavy atom. The Labute approximate surface area is 263 Å². The highest BCUT2D eigenvalue weighted by Gasteiger charge is 2.38. The first kappa shape index (κ1) is 26.9. The number of benzene rings is 4. The predicted octanol–water partition coefficient (Wildman–Crippen LogP) is 8.74. The van der Waals surface area contributed by atoms with Gasteiger partial charge in [-0.05, 0) is 68.9 Å². The third-order valence-corrected chi connectivity index (χ3v) is 8.91. The topological polar surface area (TPSA) is 63.6 Å². The lowest BCUT2D eigenvalue weighted by atomic mass is 9.80. The van der Waals surface area contributed by atoms with Crippen molar-refractivity contribution < 1.29 is 0 Å². The number of hydrogen-bond donors (Lipinski definition) is 1. The summed E-state index contributed by atoms with van der Waals surface area (Å²) in [6, 6.07) is 36.1. The van der Waals surface area contributed by atoms with Crippen molar-refractivity contribution in [1.29, 1.82) is 0 Å². The maximum absolute atomic E-state index is 5.14. The molecule has 45 heavy (non-hydrogen) atoms. The summed E-state index contributed by atoms with van der Waals surface area (Å²) in [6.07, 6.45) is 9.92. The van der Waals surface area contributed by atoms with Crippen LogP contribution in [0.4, 0.5) is 0 Å². The van der Waals surface area contributed by atoms with Gasteiger partial charge in [0.25, 0.3) is 0 Å². The molecule has 0 saturated carbocycles. The zero-order chi connectivity index (χ0) is 30.4. The molecule has 0 saturated heterocycles. The van der Waals surface area contributed by atoms with E-state index in [4.69, 9.17) is 15.0 Å². The van der Waals surface area contributed by atoms with Gasteiger partial charge >= 0.3 is 0 Å². The van der Waals surface area contributed by atoms with Gasteiger partial charge in [-0.3, -0.25) is 4.98 Å². The van der Waals surface area contributed by atoms with Gasteiger partial charge in [0.15, 0.2) is 17.5 Å². The van der Waals surface area contributed by atoms with Crippen LogP contribution in [0.25, 0.3) is 62.0 Å². The highest BCUT2D eigenvalue weighted by Crippen LogP contribution is 2.51. The first-order valence-electron chi connectivity index (χ1n) is 15.3. The Morgan fingerprint density at radius 3 is 1.82 bits per heavy atom. The van der Waals surface area contributed by atoms with Crippen LogP contribution in [0, 0.1) is 0 Å². The van der Waals surface area contributed by atoms with Crippen molar-refractivity contribution in [2.75, 3.05) is 6.54 Å². The van der Waals surface area contributed by atoms with Gasteiger partial charge in [-0.15, -0.1) is 0 Å². The Hall–Kier alpha value is -5.68. The van der Waals surface area contributed by atoms with Crippen LogP contribution in [0.5, 0.6) is 0 Å². The van der Waals surface area contributed by atoms with E-state index in [0.29, 0.717) is 17.5 Å². The number of aromatic nitrogens is 4. The molecule has 5 nitrogen and oxygen atoms in total. The van der Waals surface area contributed by atoms with E-state index in [1.165, 1.54) is 27.8 Å². The number of fused-ring (bicyclic) bond motifs is 3. The number of nitrogens with one attached hydrogen (secondary N) is 1. The van der Waals surface area contributed by atoms with Crippen LogP contribution in [-0.4, -0.2) is 26.5 Å². The molecule has 1 N–H and O–H groups in total. The maximum Gasteiger partial charge on any atom is 0.164 e. The second-order valence-corrected chi connectivity index (χ2v) is 12.0. The van der Waals surface area contributed by atoms with Crippen molar-refractivity contribution in [1.82, 2.24) is 25.3 Å². The molecule has 2 aliphatic rings. The van der Waals surface area contributed by atoms with E-state index < -0.39 is 0 Å². The highest BCUT2D eigenvalue weighted by atomic mass is 15.0. The first-order valence-corrected chi connectivity index (χ1v) is 15.3. The molecule has 2 aromatic heterocycles. The van der Waals surface area contributed by atoms with E-state index in [1.807, 2.05) is 30.7 Å². The SMILES string of the molecule is CC1(C)c2ccccc2-c2cccc(-c3nc(-c4ccc(C5=CCNC=C5)cc4)nc(-c4ccc(-c5ccncc5)cc4)n3)c21. The van der Waals surface area contributed by atoms with Crippen molar-refractivity contribution in [3.05, 3.63) is 151 Å². The number of rotatable bonds is 5. The van der Waals surface area contributed by atoms with E-state index in [9.17, 15) is 0 Å². The zero-order valence-electron chi connectivity index (χ0n) is 25.2. The minimum atomic E-state index is -0.195. The molecule has 0 bridgehead atoms. The number of allylic oxidation sites excluding steroid dienone is 2. The minimum absolute atomic E-state index is 0.195. The summed E-state index contributed by atoms with van der Waals surface area (Å²) in [4.78, 5) is 19.5. The van der Waals surface area contributed by atoms with Crippen LogP contribution in [0.2, 0.25) is 0 Å². The molecule has 0 radical (unpaired) electrons. The fourth-order valence-corrected chi connectivity index (χ4v) is 6.62. The average molecular weight is 582 g/mol. The largest absolute Gasteiger partial charge is 0.387 e. The molecule has 1 aliphatic heterocycles. The van der Waals surface area contributed by atoms with Crippen molar-refractivity contribution in [2.45, 2.75) is 19.3 Å². The van der Waals surface area contributed by atoms with E-state index in [0.717, 1.165) is 39.9 Å². The summed E-state index contributed by atoms with van der Waals surface area (Å²) in [5.41, 5.74) is 12.4. The third kappa shape index (κ3) is 4.74. The summed E-state index contributed by atoms with van der Waals surface area (Å²) < 4.78 is 0. The Balaban J connectivity index is 1.27. The molecule has 0 amide bonds. The standard InChI is InChI=1S/C40H31N5/c1-40(2)35-9-4-3-6-32(35)33-7-5-8-34(36(33)40)39-44-37(30-14-10-26(11-15-30)28-18-22-41-23-19-28)43-38(45-39)31-16-12-27(13-17-31)29-20-24-42-25-21-29/h3-24,42H,25H2,1-2H3. The van der Waals surface area contributed by atoms with Gasteiger partial charge in [-0.1, -0.05) is 111 Å². The normalized spacial score (nSPS) is 14.3. The maximum atomic E-state index is 5.14. The fraction of sp³-hybridized carbons (Fsp3) is 0.100. The van der Waals surface area contributed by atoms with Crippen molar-refractivity contribution >= 4 is 5.57 Å². The molecule has 0 spiro atoms. The second-order valence-electron chi connectivity index (χ2n) is 12.0. The summed E-state index contributed by atoms with van der Waals surface area (Å²) in [6.45, 7) is 5.42. The molecular formula is C40H31N5. The molecule has 0 unspecified atom stereocenters. The van der Waals surface area contributed by atoms with Crippen LogP contribution in [0.15, 0.2) is 134 Å². The van der Waals surface area contributed by atoms with Crippen LogP contribution >= 0.6 is 0 Å². The van der Waals surface area contributed by atoms with Crippen LogP contribution in [0.1, 0.15) is 30.5 Å². The zero-order valence-corrected chi connectivity index (χ0v) is 25.2. The summed E-state index contributed by atoms with van der Waals surface area (Å²) in [5, 5.41) is 3.22. The quantitative estimate of drug-likeness (QED) is 0.221. The first-order chi connectivity index (χ1) is 22.1. The third-order valence-electron chi connectivity index (χ3n) is 8.91. The van der Waals surface area contributed by atoms with E-state index in [2.05, 4.69) is 127 Å². The molecule has 0 atom stereocenters. The van der Waals surface area contributed by atoms with Gasteiger partial charge in [0.05, 0.1) is 0 Å². The second kappa shape index (κ2) is 10.8. The van der Waals surface area contributed by atoms with Gasteiger partial charge in [0.1, 0.15) is 0 Å². The highest BCUT2D eigenvalue weighted by molar-refractivity contribution is 5.87. The smallest absolute Gasteiger partial charge is 0.164 e. The van der Waals surface area contributed by atoms with E-state index >= 15 is 0 Å². The monoisotopic (exact) mass is 581 g/mol. The van der Waals surface area contributed by atoms with Crippen LogP contribution in [-0.2, 0) is 5.41 Å². The van der Waals surface area contributed by atoms with Gasteiger partial charge in [0.2, 0.25) is 0 Å². The molecule has 216 valence electrons. The Bertz CT molecular complexity index is 2110. The molecule has 1 aliphatic carbocycles. The number of pyridine rings is 1. The molecule has 5 heteroatoms. The van der Waals surface area contributed by atoms with E-state index in [1.54, 1.807) is 0 Å². The molecule has 6 aromatic rings. The number of hydrogen-bond acceptors (Lipinski definition) is 5. The summed E-state index contributed by atoms with van der Waals surface area (Å²) >= 11 is 0. The van der Waals surface area contributed by atoms with Crippen molar-refractivity contribution in [2.24, 2.45) is 0 Å². The Kier molecular flexibility index (Phi) is 6.45. The lowest BCUT2D eigenvalue weighted by Crippen LogP contribution is -2.17. The minimum Gasteiger partial charge on any atom is -0.387 e. The van der Waals surface area contributed by atoms with Gasteiger partial charge < -0.3 is 5.32 Å². The molecule has 3 heterocycles. The summed E-state index contributed by atoms with van der Waals surface area (Å²) in [5.74, 6) is 1.98.